The van der Waals surface area contributed by atoms with Crippen molar-refractivity contribution < 1.29 is 4.79 Å². The molecular weight excluding hydrogens is 488 g/mol. The van der Waals surface area contributed by atoms with Crippen molar-refractivity contribution in [3.8, 4) is 6.07 Å². The molecule has 0 N–H and O–H groups in total. The number of nitriles is 1. The first-order valence-electron chi connectivity index (χ1n) is 12.6. The number of nitrogens with zero attached hydrogens (tertiary/aromatic N) is 4. The number of thiocarbonyl (C=S) groups is 1. The van der Waals surface area contributed by atoms with E-state index in [0.717, 1.165) is 55.7 Å². The number of piperidine rings is 1. The summed E-state index contributed by atoms with van der Waals surface area (Å²) in [6.07, 6.45) is 5.82. The predicted molar refractivity (Wildman–Crippen MR) is 151 cm³/mol. The largest absolute Gasteiger partial charge is 0.357 e. The average molecular weight is 521 g/mol. The second-order valence-corrected chi connectivity index (χ2v) is 11.3. The Morgan fingerprint density at radius 2 is 2.00 bits per heavy atom. The van der Waals surface area contributed by atoms with E-state index in [0.29, 0.717) is 33.8 Å². The van der Waals surface area contributed by atoms with Crippen molar-refractivity contribution in [3.05, 3.63) is 67.8 Å². The zero-order valence-electron chi connectivity index (χ0n) is 21.1. The Hall–Kier alpha value is -2.89. The summed E-state index contributed by atoms with van der Waals surface area (Å²) in [5.41, 5.74) is 2.30. The van der Waals surface area contributed by atoms with Gasteiger partial charge in [-0.2, -0.15) is 5.26 Å². The molecule has 0 radical (unpaired) electrons. The third-order valence-electron chi connectivity index (χ3n) is 6.87. The van der Waals surface area contributed by atoms with E-state index in [-0.39, 0.29) is 17.0 Å². The van der Waals surface area contributed by atoms with E-state index in [9.17, 15) is 14.9 Å². The zero-order valence-corrected chi connectivity index (χ0v) is 22.8. The molecule has 8 heteroatoms. The topological polar surface area (TPSA) is 69.3 Å². The molecule has 3 heterocycles. The molecule has 1 amide bonds. The first-order chi connectivity index (χ1) is 17.3. The fourth-order valence-corrected chi connectivity index (χ4v) is 6.16. The fourth-order valence-electron chi connectivity index (χ4n) is 4.92. The van der Waals surface area contributed by atoms with Crippen LogP contribution in [-0.2, 0) is 17.9 Å². The third kappa shape index (κ3) is 5.28. The molecule has 1 aromatic carbocycles. The lowest BCUT2D eigenvalue weighted by atomic mass is 9.98. The number of carbonyl (C=O) groups excluding carboxylic acids is 1. The van der Waals surface area contributed by atoms with E-state index in [1.807, 2.05) is 43.3 Å². The number of benzene rings is 1. The van der Waals surface area contributed by atoms with Crippen LogP contribution in [0.1, 0.15) is 61.8 Å². The molecular formula is C28H32N4O2S2. The van der Waals surface area contributed by atoms with E-state index in [1.54, 1.807) is 9.47 Å². The van der Waals surface area contributed by atoms with Gasteiger partial charge in [0.05, 0.1) is 11.4 Å². The molecule has 1 unspecified atom stereocenters. The lowest BCUT2D eigenvalue weighted by molar-refractivity contribution is -0.122. The van der Waals surface area contributed by atoms with Gasteiger partial charge in [-0.05, 0) is 49.3 Å². The van der Waals surface area contributed by atoms with Gasteiger partial charge in [0.25, 0.3) is 11.5 Å². The summed E-state index contributed by atoms with van der Waals surface area (Å²) in [5, 5.41) is 9.88. The summed E-state index contributed by atoms with van der Waals surface area (Å²) in [7, 11) is 0. The molecule has 2 aromatic rings. The highest BCUT2D eigenvalue weighted by molar-refractivity contribution is 8.26. The summed E-state index contributed by atoms with van der Waals surface area (Å²) in [6, 6.07) is 11.9. The number of anilines is 1. The first kappa shape index (κ1) is 26.2. The minimum atomic E-state index is -0.245. The van der Waals surface area contributed by atoms with Crippen LogP contribution in [0.25, 0.3) is 6.08 Å². The number of unbranched alkanes of at least 4 members (excludes halogenated alkanes) is 1. The molecule has 2 fully saturated rings. The third-order valence-corrected chi connectivity index (χ3v) is 8.25. The van der Waals surface area contributed by atoms with Gasteiger partial charge in [0.2, 0.25) is 0 Å². The Morgan fingerprint density at radius 3 is 2.67 bits per heavy atom. The fraction of sp³-hybridized carbons (Fsp3) is 0.429. The number of amides is 1. The molecule has 2 aliphatic rings. The monoisotopic (exact) mass is 520 g/mol. The van der Waals surface area contributed by atoms with Gasteiger partial charge in [0.1, 0.15) is 21.8 Å². The molecule has 36 heavy (non-hydrogen) atoms. The van der Waals surface area contributed by atoms with Crippen molar-refractivity contribution in [2.75, 3.05) is 18.0 Å². The van der Waals surface area contributed by atoms with E-state index in [2.05, 4.69) is 24.8 Å². The maximum Gasteiger partial charge on any atom is 0.270 e. The maximum atomic E-state index is 13.5. The molecule has 1 aromatic heterocycles. The summed E-state index contributed by atoms with van der Waals surface area (Å²) in [4.78, 5) is 31.3. The van der Waals surface area contributed by atoms with Gasteiger partial charge in [0.15, 0.2) is 0 Å². The first-order valence-corrected chi connectivity index (χ1v) is 13.8. The van der Waals surface area contributed by atoms with Crippen molar-refractivity contribution >= 4 is 46.1 Å². The summed E-state index contributed by atoms with van der Waals surface area (Å²) in [6.45, 7) is 8.77. The summed E-state index contributed by atoms with van der Waals surface area (Å²) < 4.78 is 2.28. The number of thioether (sulfide) groups is 1. The number of pyridine rings is 1. The van der Waals surface area contributed by atoms with Crippen LogP contribution in [0.4, 0.5) is 5.82 Å². The maximum absolute atomic E-state index is 13.5. The Kier molecular flexibility index (Phi) is 8.32. The van der Waals surface area contributed by atoms with Crippen LogP contribution in [0, 0.1) is 24.2 Å². The number of hydrogen-bond donors (Lipinski definition) is 0. The lowest BCUT2D eigenvalue weighted by Gasteiger charge is -2.36. The van der Waals surface area contributed by atoms with E-state index >= 15 is 0 Å². The van der Waals surface area contributed by atoms with Gasteiger partial charge in [-0.3, -0.25) is 19.1 Å². The van der Waals surface area contributed by atoms with Crippen LogP contribution in [0.3, 0.4) is 0 Å². The normalized spacial score (nSPS) is 19.3. The minimum absolute atomic E-state index is 0.143. The quantitative estimate of drug-likeness (QED) is 0.356. The van der Waals surface area contributed by atoms with Gasteiger partial charge < -0.3 is 4.90 Å². The van der Waals surface area contributed by atoms with Gasteiger partial charge in [-0.15, -0.1) is 0 Å². The SMILES string of the molecule is CCCCn1c(N2CCCC(C)C2)c(/C=C2\SC(=S)N(Cc3ccccc3)C2=O)c(C)c(C#N)c1=O. The second kappa shape index (κ2) is 11.4. The molecule has 1 atom stereocenters. The second-order valence-electron chi connectivity index (χ2n) is 9.61. The minimum Gasteiger partial charge on any atom is -0.357 e. The highest BCUT2D eigenvalue weighted by Gasteiger charge is 2.33. The zero-order chi connectivity index (χ0) is 25.8. The highest BCUT2D eigenvalue weighted by atomic mass is 32.2. The van der Waals surface area contributed by atoms with Crippen molar-refractivity contribution in [1.29, 1.82) is 5.26 Å². The van der Waals surface area contributed by atoms with Crippen molar-refractivity contribution in [2.45, 2.75) is 59.5 Å². The van der Waals surface area contributed by atoms with Gasteiger partial charge >= 0.3 is 0 Å². The molecule has 6 nitrogen and oxygen atoms in total. The Bertz CT molecular complexity index is 1290. The summed E-state index contributed by atoms with van der Waals surface area (Å²) in [5.74, 6) is 1.18. The Labute approximate surface area is 222 Å². The molecule has 0 spiro atoms. The lowest BCUT2D eigenvalue weighted by Crippen LogP contribution is -2.40. The van der Waals surface area contributed by atoms with Crippen LogP contribution >= 0.6 is 24.0 Å². The van der Waals surface area contributed by atoms with Crippen LogP contribution in [0.5, 0.6) is 0 Å². The van der Waals surface area contributed by atoms with Crippen molar-refractivity contribution in [2.24, 2.45) is 5.92 Å². The smallest absolute Gasteiger partial charge is 0.270 e. The molecule has 0 saturated carbocycles. The Balaban J connectivity index is 1.83. The van der Waals surface area contributed by atoms with E-state index in [4.69, 9.17) is 12.2 Å². The number of carbonyl (C=O) groups is 1. The van der Waals surface area contributed by atoms with Crippen molar-refractivity contribution in [3.63, 3.8) is 0 Å². The van der Waals surface area contributed by atoms with E-state index < -0.39 is 0 Å². The number of aromatic nitrogens is 1. The van der Waals surface area contributed by atoms with Gasteiger partial charge in [-0.25, -0.2) is 0 Å². The highest BCUT2D eigenvalue weighted by Crippen LogP contribution is 2.37. The molecule has 0 bridgehead atoms. The predicted octanol–water partition coefficient (Wildman–Crippen LogP) is 5.47. The van der Waals surface area contributed by atoms with Crippen LogP contribution in [-0.4, -0.2) is 32.8 Å². The molecule has 188 valence electrons. The van der Waals surface area contributed by atoms with Crippen LogP contribution in [0.15, 0.2) is 40.0 Å². The molecule has 2 aliphatic heterocycles. The molecule has 0 aliphatic carbocycles. The average Bonchev–Trinajstić information content (AvgIpc) is 3.13. The number of hydrogen-bond acceptors (Lipinski definition) is 6. The standard InChI is InChI=1S/C28H32N4O2S2/c1-4-5-14-31-25(30-13-9-10-19(2)17-30)22(20(3)23(16-29)26(31)33)15-24-27(34)32(28(35)36-24)18-21-11-7-6-8-12-21/h6-8,11-12,15,19H,4-5,9-10,13-14,17-18H2,1-3H3/b24-15-. The Morgan fingerprint density at radius 1 is 1.25 bits per heavy atom. The van der Waals surface area contributed by atoms with E-state index in [1.165, 1.54) is 11.8 Å². The van der Waals surface area contributed by atoms with Crippen LogP contribution in [0.2, 0.25) is 0 Å². The number of rotatable bonds is 7. The van der Waals surface area contributed by atoms with Gasteiger partial charge in [-0.1, -0.05) is 74.6 Å². The van der Waals surface area contributed by atoms with Gasteiger partial charge in [0, 0.05) is 25.2 Å². The summed E-state index contributed by atoms with van der Waals surface area (Å²) >= 11 is 6.86. The van der Waals surface area contributed by atoms with Crippen molar-refractivity contribution in [1.82, 2.24) is 9.47 Å². The molecule has 4 rings (SSSR count). The molecule has 2 saturated heterocycles. The van der Waals surface area contributed by atoms with Crippen LogP contribution < -0.4 is 10.5 Å².